The summed E-state index contributed by atoms with van der Waals surface area (Å²) in [7, 11) is 0. The van der Waals surface area contributed by atoms with Crippen LogP contribution < -0.4 is 0 Å². The predicted molar refractivity (Wildman–Crippen MR) is 595 cm³/mol. The molecule has 0 aliphatic rings. The fourth-order valence-corrected chi connectivity index (χ4v) is 22.1. The molecular formula is C135H88N6. The molecule has 0 N–H and O–H groups in total. The Hall–Kier alpha value is -18.8. The molecule has 6 heteroatoms. The van der Waals surface area contributed by atoms with Gasteiger partial charge in [-0.05, 0) is 246 Å². The topological polar surface area (TPSA) is 53.5 Å². The van der Waals surface area contributed by atoms with Crippen LogP contribution in [0.1, 0.15) is 0 Å². The van der Waals surface area contributed by atoms with Crippen molar-refractivity contribution in [3.05, 3.63) is 534 Å². The highest BCUT2D eigenvalue weighted by Crippen LogP contribution is 2.51. The zero-order valence-corrected chi connectivity index (χ0v) is 77.0. The Balaban J connectivity index is 0.000000109. The summed E-state index contributed by atoms with van der Waals surface area (Å²) in [5, 5.41) is 22.6. The van der Waals surface area contributed by atoms with E-state index in [0.29, 0.717) is 0 Å². The van der Waals surface area contributed by atoms with Gasteiger partial charge in [0, 0.05) is 84.7 Å². The van der Waals surface area contributed by atoms with E-state index < -0.39 is 0 Å². The van der Waals surface area contributed by atoms with E-state index >= 15 is 0 Å². The van der Waals surface area contributed by atoms with Crippen molar-refractivity contribution in [3.63, 3.8) is 0 Å². The van der Waals surface area contributed by atoms with Gasteiger partial charge >= 0.3 is 0 Å². The van der Waals surface area contributed by atoms with Gasteiger partial charge in [0.1, 0.15) is 0 Å². The monoisotopic (exact) mass is 1790 g/mol. The second-order valence-corrected chi connectivity index (χ2v) is 36.2. The third-order valence-corrected chi connectivity index (χ3v) is 28.3. The Labute approximate surface area is 815 Å². The van der Waals surface area contributed by atoms with Crippen LogP contribution in [0.5, 0.6) is 0 Å². The van der Waals surface area contributed by atoms with Crippen LogP contribution in [0.25, 0.3) is 259 Å². The molecule has 0 fully saturated rings. The van der Waals surface area contributed by atoms with E-state index in [1.54, 1.807) is 0 Å². The van der Waals surface area contributed by atoms with Gasteiger partial charge in [0.15, 0.2) is 0 Å². The largest absolute Gasteiger partial charge is 0.309 e. The van der Waals surface area contributed by atoms with Crippen LogP contribution in [-0.4, -0.2) is 28.7 Å². The van der Waals surface area contributed by atoms with E-state index in [1.165, 1.54) is 197 Å². The molecule has 6 nitrogen and oxygen atoms in total. The number of pyridine rings is 3. The molecule has 22 aromatic carbocycles. The predicted octanol–water partition coefficient (Wildman–Crippen LogP) is 36.1. The van der Waals surface area contributed by atoms with Crippen molar-refractivity contribution < 1.29 is 0 Å². The number of para-hydroxylation sites is 6. The van der Waals surface area contributed by atoms with Crippen molar-refractivity contribution in [2.75, 3.05) is 0 Å². The van der Waals surface area contributed by atoms with Gasteiger partial charge in [0.2, 0.25) is 0 Å². The lowest BCUT2D eigenvalue weighted by Crippen LogP contribution is -1.95. The molecule has 0 aliphatic heterocycles. The van der Waals surface area contributed by atoms with Crippen LogP contribution >= 0.6 is 0 Å². The Bertz CT molecular complexity index is 9300. The quantitative estimate of drug-likeness (QED) is 0.108. The summed E-state index contributed by atoms with van der Waals surface area (Å²) in [6, 6.07) is 186. The van der Waals surface area contributed by atoms with Crippen LogP contribution in [0, 0.1) is 0 Å². The fraction of sp³-hybridized carbons (Fsp3) is 0. The van der Waals surface area contributed by atoms with Gasteiger partial charge < -0.3 is 13.7 Å². The number of rotatable bonds is 13. The lowest BCUT2D eigenvalue weighted by Gasteiger charge is -2.19. The molecule has 0 unspecified atom stereocenters. The minimum atomic E-state index is 0.963. The van der Waals surface area contributed by atoms with Gasteiger partial charge in [-0.1, -0.05) is 413 Å². The number of fused-ring (bicyclic) bond motifs is 15. The maximum atomic E-state index is 5.19. The molecule has 0 saturated heterocycles. The van der Waals surface area contributed by atoms with Crippen LogP contribution in [0.2, 0.25) is 0 Å². The highest BCUT2D eigenvalue weighted by atomic mass is 15.0. The minimum Gasteiger partial charge on any atom is -0.309 e. The summed E-state index contributed by atoms with van der Waals surface area (Å²) < 4.78 is 7.16. The first-order chi connectivity index (χ1) is 70.0. The number of benzene rings is 22. The number of hydrogen-bond donors (Lipinski definition) is 0. The molecule has 0 atom stereocenters. The summed E-state index contributed by atoms with van der Waals surface area (Å²) >= 11 is 0. The maximum absolute atomic E-state index is 5.19. The molecular weight excluding hydrogens is 1710 g/mol. The molecule has 0 aliphatic carbocycles. The lowest BCUT2D eigenvalue weighted by molar-refractivity contribution is 1.18. The van der Waals surface area contributed by atoms with Gasteiger partial charge in [-0.15, -0.1) is 0 Å². The first-order valence-electron chi connectivity index (χ1n) is 48.3. The summed E-state index contributed by atoms with van der Waals surface area (Å²) in [6.45, 7) is 0. The van der Waals surface area contributed by atoms with E-state index in [1.807, 2.05) is 36.8 Å². The highest BCUT2D eigenvalue weighted by Gasteiger charge is 2.25. The van der Waals surface area contributed by atoms with Crippen molar-refractivity contribution in [2.24, 2.45) is 0 Å². The van der Waals surface area contributed by atoms with Crippen molar-refractivity contribution >= 4 is 130 Å². The molecule has 28 rings (SSSR count). The van der Waals surface area contributed by atoms with Crippen LogP contribution in [0.15, 0.2) is 534 Å². The van der Waals surface area contributed by atoms with E-state index in [9.17, 15) is 0 Å². The van der Waals surface area contributed by atoms with E-state index in [-0.39, 0.29) is 0 Å². The van der Waals surface area contributed by atoms with Crippen LogP contribution in [0.3, 0.4) is 0 Å². The number of hydrogen-bond acceptors (Lipinski definition) is 3. The van der Waals surface area contributed by atoms with Crippen molar-refractivity contribution in [2.45, 2.75) is 0 Å². The van der Waals surface area contributed by atoms with E-state index in [0.717, 1.165) is 62.0 Å². The van der Waals surface area contributed by atoms with Crippen molar-refractivity contribution in [1.29, 1.82) is 0 Å². The third kappa shape index (κ3) is 14.6. The van der Waals surface area contributed by atoms with Gasteiger partial charge in [0.25, 0.3) is 0 Å². The SMILES string of the molecule is c1ccc(-c2cc(-c3c4ccccc4c(-c4ccc(-n5c6ccccc6c6ccccc65)cc4)c4ccccc34)cc(-c3ccccc3)n2)cc1.c1ccc(-c2ccc(-c3c4ccccc4c(-c4cccc(-n5c6ccccc6c6ccccc65)c4)c4ccccc34)cc2)nc1.c1cncc(-c2ccc(-c3c4ccccc4c(-c4ccc(-n5c6ccccc6c6ccccc65)cc4)c4ccccc34)cc2)c1. The second-order valence-electron chi connectivity index (χ2n) is 36.2. The van der Waals surface area contributed by atoms with Gasteiger partial charge in [-0.25, -0.2) is 4.98 Å². The smallest absolute Gasteiger partial charge is 0.0715 e. The van der Waals surface area contributed by atoms with Crippen molar-refractivity contribution in [1.82, 2.24) is 28.7 Å². The van der Waals surface area contributed by atoms with Gasteiger partial charge in [-0.3, -0.25) is 9.97 Å². The van der Waals surface area contributed by atoms with Gasteiger partial charge in [-0.2, -0.15) is 0 Å². The molecule has 0 amide bonds. The first kappa shape index (κ1) is 82.9. The summed E-state index contributed by atoms with van der Waals surface area (Å²) in [5.74, 6) is 0. The average molecular weight is 1790 g/mol. The molecule has 658 valence electrons. The highest BCUT2D eigenvalue weighted by molar-refractivity contribution is 6.25. The Kier molecular flexibility index (Phi) is 20.9. The summed E-state index contributed by atoms with van der Waals surface area (Å²) in [4.78, 5) is 14.1. The zero-order chi connectivity index (χ0) is 93.2. The summed E-state index contributed by atoms with van der Waals surface area (Å²) in [6.07, 6.45) is 5.58. The zero-order valence-electron chi connectivity index (χ0n) is 77.0. The van der Waals surface area contributed by atoms with Crippen molar-refractivity contribution in [3.8, 4) is 129 Å². The molecule has 28 aromatic rings. The molecule has 0 bridgehead atoms. The Morgan fingerprint density at radius 3 is 0.695 bits per heavy atom. The fourth-order valence-electron chi connectivity index (χ4n) is 22.1. The molecule has 0 radical (unpaired) electrons. The average Bonchev–Trinajstić information content (AvgIpc) is 1.68. The molecule has 6 heterocycles. The lowest BCUT2D eigenvalue weighted by atomic mass is 9.85. The standard InChI is InChI=1S/C49H32N2.2C43H28N2/c1-3-15-33(16-4-1)44-31-36(32-45(50-44)34-17-5-2-6-18-34)49-42-23-9-7-21-40(42)48(41-22-8-10-24-43(41)49)35-27-29-37(30-28-35)51-46-25-13-11-19-38(46)39-20-12-14-26-47(39)51;1-3-18-37-35(16-1)42(30-25-23-29(24-26-30)39-20-9-10-27-44-39)36-17-2-4-19-38(36)43(37)31-12-11-13-32(28-31)45-40-21-7-5-14-33(40)34-15-6-8-22-41(34)45;1-3-15-38-36(13-1)42(30-21-19-29(20-22-30)32-10-9-27-44-28-32)37-14-2-4-16-39(37)43(38)31-23-25-33(26-24-31)45-40-17-7-5-11-34(40)35-12-6-8-18-41(35)45/h1-32H;2*1-28H. The van der Waals surface area contributed by atoms with Crippen LogP contribution in [0.4, 0.5) is 0 Å². The molecule has 0 saturated carbocycles. The van der Waals surface area contributed by atoms with E-state index in [4.69, 9.17) is 4.98 Å². The molecule has 141 heavy (non-hydrogen) atoms. The first-order valence-corrected chi connectivity index (χ1v) is 48.3. The van der Waals surface area contributed by atoms with E-state index in [2.05, 4.69) is 521 Å². The van der Waals surface area contributed by atoms with Crippen LogP contribution in [-0.2, 0) is 0 Å². The third-order valence-electron chi connectivity index (χ3n) is 28.3. The molecule has 6 aromatic heterocycles. The second kappa shape index (κ2) is 35.5. The Morgan fingerprint density at radius 2 is 0.383 bits per heavy atom. The number of nitrogens with zero attached hydrogens (tertiary/aromatic N) is 6. The Morgan fingerprint density at radius 1 is 0.135 bits per heavy atom. The number of aromatic nitrogens is 6. The minimum absolute atomic E-state index is 0.963. The summed E-state index contributed by atoms with van der Waals surface area (Å²) in [5.41, 5.74) is 34.0. The van der Waals surface area contributed by atoms with Gasteiger partial charge in [0.05, 0.1) is 50.2 Å². The normalized spacial score (nSPS) is 11.5. The maximum Gasteiger partial charge on any atom is 0.0715 e. The molecule has 0 spiro atoms.